The van der Waals surface area contributed by atoms with E-state index in [0.717, 1.165) is 0 Å². The summed E-state index contributed by atoms with van der Waals surface area (Å²) in [6.45, 7) is 4.34. The Balaban J connectivity index is 2.63. The van der Waals surface area contributed by atoms with Crippen LogP contribution in [0.15, 0.2) is 12.1 Å². The monoisotopic (exact) mass is 131 g/mol. The number of fused-ring (bicyclic) bond motifs is 1. The average Bonchev–Trinajstić information content (AvgIpc) is 1.77. The van der Waals surface area contributed by atoms with E-state index in [4.69, 9.17) is 0 Å². The van der Waals surface area contributed by atoms with Crippen molar-refractivity contribution < 1.29 is 0 Å². The fourth-order valence-corrected chi connectivity index (χ4v) is 1.61. The largest absolute Gasteiger partial charge is 0.138 e. The number of hydrogen-bond acceptors (Lipinski definition) is 0. The first-order valence-electron chi connectivity index (χ1n) is 3.71. The van der Waals surface area contributed by atoms with E-state index >= 15 is 0 Å². The Kier molecular flexibility index (Phi) is 1.04. The minimum atomic E-state index is 1.18. The van der Waals surface area contributed by atoms with Gasteiger partial charge in [0.1, 0.15) is 5.56 Å². The van der Waals surface area contributed by atoms with E-state index in [1.807, 2.05) is 0 Å². The van der Waals surface area contributed by atoms with Crippen molar-refractivity contribution in [3.63, 3.8) is 0 Å². The molecule has 0 N–H and O–H groups in total. The third-order valence-electron chi connectivity index (χ3n) is 2.14. The fraction of sp³-hybridized carbons (Fsp3) is 0.300. The topological polar surface area (TPSA) is 0 Å². The van der Waals surface area contributed by atoms with Crippen molar-refractivity contribution in [1.82, 2.24) is 0 Å². The summed E-state index contributed by atoms with van der Waals surface area (Å²) >= 11 is 0. The molecular formula is C10H11+. The molecule has 0 saturated carbocycles. The third kappa shape index (κ3) is 0.652. The van der Waals surface area contributed by atoms with E-state index in [0.29, 0.717) is 0 Å². The van der Waals surface area contributed by atoms with Gasteiger partial charge in [-0.2, -0.15) is 0 Å². The summed E-state index contributed by atoms with van der Waals surface area (Å²) in [6.07, 6.45) is 3.47. The molecule has 0 unspecified atom stereocenters. The van der Waals surface area contributed by atoms with Gasteiger partial charge < -0.3 is 0 Å². The van der Waals surface area contributed by atoms with Gasteiger partial charge in [-0.1, -0.05) is 0 Å². The van der Waals surface area contributed by atoms with Crippen LogP contribution in [0.1, 0.15) is 22.3 Å². The average molecular weight is 131 g/mol. The van der Waals surface area contributed by atoms with Crippen LogP contribution in [0, 0.1) is 20.3 Å². The molecule has 0 spiro atoms. The van der Waals surface area contributed by atoms with Gasteiger partial charge >= 0.3 is 0 Å². The maximum absolute atomic E-state index is 2.30. The highest BCUT2D eigenvalue weighted by atomic mass is 14.2. The molecule has 2 rings (SSSR count). The molecule has 0 saturated heterocycles. The molecule has 50 valence electrons. The van der Waals surface area contributed by atoms with Crippen molar-refractivity contribution in [3.8, 4) is 0 Å². The quantitative estimate of drug-likeness (QED) is 0.474. The first-order chi connectivity index (χ1) is 4.77. The van der Waals surface area contributed by atoms with Crippen molar-refractivity contribution in [2.45, 2.75) is 20.3 Å². The number of benzene rings is 1. The van der Waals surface area contributed by atoms with Gasteiger partial charge in [0, 0.05) is 25.5 Å². The first kappa shape index (κ1) is 5.84. The van der Waals surface area contributed by atoms with E-state index in [1.54, 1.807) is 0 Å². The van der Waals surface area contributed by atoms with Crippen LogP contribution in [0.5, 0.6) is 0 Å². The van der Waals surface area contributed by atoms with Gasteiger partial charge in [-0.15, -0.1) is 0 Å². The molecule has 1 aromatic carbocycles. The van der Waals surface area contributed by atoms with Crippen LogP contribution in [0.25, 0.3) is 0 Å². The fourth-order valence-electron chi connectivity index (χ4n) is 1.61. The molecule has 1 aliphatic rings. The first-order valence-corrected chi connectivity index (χ1v) is 3.71. The summed E-state index contributed by atoms with van der Waals surface area (Å²) in [6, 6.07) is 4.52. The molecule has 0 atom stereocenters. The highest BCUT2D eigenvalue weighted by Crippen LogP contribution is 2.28. The Morgan fingerprint density at radius 1 is 1.30 bits per heavy atom. The minimum Gasteiger partial charge on any atom is -0.0374 e. The molecule has 0 heteroatoms. The standard InChI is InChI=1S/C10H11/c1-7-5-8(2)10-4-3-9(10)6-7/h4-6H,3H2,1-2H3/q+1. The van der Waals surface area contributed by atoms with E-state index < -0.39 is 0 Å². The Morgan fingerprint density at radius 2 is 2.10 bits per heavy atom. The number of hydrogen-bond donors (Lipinski definition) is 0. The molecular weight excluding hydrogens is 120 g/mol. The van der Waals surface area contributed by atoms with Crippen molar-refractivity contribution in [3.05, 3.63) is 40.8 Å². The summed E-state index contributed by atoms with van der Waals surface area (Å²) in [7, 11) is 0. The van der Waals surface area contributed by atoms with Crippen molar-refractivity contribution in [1.29, 1.82) is 0 Å². The zero-order chi connectivity index (χ0) is 7.14. The molecule has 1 aliphatic carbocycles. The van der Waals surface area contributed by atoms with Crippen LogP contribution in [0.3, 0.4) is 0 Å². The van der Waals surface area contributed by atoms with Crippen LogP contribution in [0.2, 0.25) is 0 Å². The Labute approximate surface area is 61.9 Å². The summed E-state index contributed by atoms with van der Waals surface area (Å²) in [4.78, 5) is 0. The molecule has 0 aromatic heterocycles. The van der Waals surface area contributed by atoms with E-state index in [-0.39, 0.29) is 0 Å². The van der Waals surface area contributed by atoms with Gasteiger partial charge in [-0.05, 0) is 12.5 Å². The lowest BCUT2D eigenvalue weighted by atomic mass is 9.84. The predicted molar refractivity (Wildman–Crippen MR) is 43.0 cm³/mol. The highest BCUT2D eigenvalue weighted by molar-refractivity contribution is 5.50. The Bertz CT molecular complexity index is 254. The second kappa shape index (κ2) is 1.79. The van der Waals surface area contributed by atoms with Crippen LogP contribution in [-0.4, -0.2) is 0 Å². The SMILES string of the molecule is Cc1cc(C)c2c(c1)C[CH+]2. The number of rotatable bonds is 0. The normalized spacial score (nSPS) is 13.4. The van der Waals surface area contributed by atoms with Crippen LogP contribution in [-0.2, 0) is 6.42 Å². The maximum atomic E-state index is 2.30. The molecule has 0 amide bonds. The van der Waals surface area contributed by atoms with Crippen LogP contribution < -0.4 is 0 Å². The lowest BCUT2D eigenvalue weighted by Gasteiger charge is -2.11. The van der Waals surface area contributed by atoms with E-state index in [1.165, 1.54) is 28.7 Å². The van der Waals surface area contributed by atoms with Crippen LogP contribution in [0.4, 0.5) is 0 Å². The summed E-state index contributed by atoms with van der Waals surface area (Å²) < 4.78 is 0. The molecule has 0 nitrogen and oxygen atoms in total. The zero-order valence-corrected chi connectivity index (χ0v) is 6.44. The highest BCUT2D eigenvalue weighted by Gasteiger charge is 2.25. The molecule has 10 heavy (non-hydrogen) atoms. The molecule has 1 aromatic rings. The molecule has 0 fully saturated rings. The van der Waals surface area contributed by atoms with Crippen molar-refractivity contribution >= 4 is 0 Å². The Hall–Kier alpha value is -0.910. The maximum Gasteiger partial charge on any atom is 0.138 e. The summed E-state index contributed by atoms with van der Waals surface area (Å²) in [5.74, 6) is 0. The second-order valence-electron chi connectivity index (χ2n) is 3.06. The lowest BCUT2D eigenvalue weighted by molar-refractivity contribution is 1.01. The van der Waals surface area contributed by atoms with E-state index in [9.17, 15) is 0 Å². The molecule has 0 radical (unpaired) electrons. The third-order valence-corrected chi connectivity index (χ3v) is 2.14. The predicted octanol–water partition coefficient (Wildman–Crippen LogP) is 2.41. The molecule has 0 aliphatic heterocycles. The second-order valence-corrected chi connectivity index (χ2v) is 3.06. The van der Waals surface area contributed by atoms with Gasteiger partial charge in [-0.25, -0.2) is 0 Å². The van der Waals surface area contributed by atoms with Gasteiger partial charge in [0.2, 0.25) is 0 Å². The minimum absolute atomic E-state index is 1.18. The summed E-state index contributed by atoms with van der Waals surface area (Å²) in [5.41, 5.74) is 5.83. The summed E-state index contributed by atoms with van der Waals surface area (Å²) in [5, 5.41) is 0. The van der Waals surface area contributed by atoms with E-state index in [2.05, 4.69) is 32.4 Å². The lowest BCUT2D eigenvalue weighted by Crippen LogP contribution is -2.08. The van der Waals surface area contributed by atoms with Crippen molar-refractivity contribution in [2.75, 3.05) is 0 Å². The van der Waals surface area contributed by atoms with Gasteiger partial charge in [0.15, 0.2) is 0 Å². The smallest absolute Gasteiger partial charge is 0.0374 e. The van der Waals surface area contributed by atoms with Gasteiger partial charge in [0.05, 0.1) is 17.5 Å². The Morgan fingerprint density at radius 3 is 2.60 bits per heavy atom. The molecule has 0 heterocycles. The van der Waals surface area contributed by atoms with Crippen LogP contribution >= 0.6 is 0 Å². The zero-order valence-electron chi connectivity index (χ0n) is 6.44. The molecule has 0 bridgehead atoms. The number of aryl methyl sites for hydroxylation is 2. The van der Waals surface area contributed by atoms with Gasteiger partial charge in [0.25, 0.3) is 0 Å². The van der Waals surface area contributed by atoms with Gasteiger partial charge in [-0.3, -0.25) is 0 Å². The van der Waals surface area contributed by atoms with Crippen molar-refractivity contribution in [2.24, 2.45) is 0 Å².